The summed E-state index contributed by atoms with van der Waals surface area (Å²) >= 11 is 3.64. The topological polar surface area (TPSA) is 69.1 Å². The number of ether oxygens (including phenoxy) is 3. The van der Waals surface area contributed by atoms with Gasteiger partial charge in [0.05, 0.1) is 17.1 Å². The highest BCUT2D eigenvalue weighted by Crippen LogP contribution is 2.37. The SMILES string of the molecule is CN(C)CCN(C(=O)OC(C)(C)C)C1CC(Oc2cc(Br)cc3c2cnn3C2CCCCO2)C1. The molecule has 1 aromatic carbocycles. The number of benzene rings is 1. The molecule has 0 spiro atoms. The van der Waals surface area contributed by atoms with Crippen LogP contribution in [0.5, 0.6) is 5.75 Å². The van der Waals surface area contributed by atoms with Gasteiger partial charge in [-0.05, 0) is 66.3 Å². The molecule has 8 nitrogen and oxygen atoms in total. The van der Waals surface area contributed by atoms with Crippen molar-refractivity contribution in [1.82, 2.24) is 19.6 Å². The first kappa shape index (κ1) is 25.3. The predicted molar refractivity (Wildman–Crippen MR) is 135 cm³/mol. The smallest absolute Gasteiger partial charge is 0.410 e. The number of rotatable bonds is 7. The van der Waals surface area contributed by atoms with Gasteiger partial charge in [0, 0.05) is 43.1 Å². The largest absolute Gasteiger partial charge is 0.489 e. The molecule has 4 rings (SSSR count). The standard InChI is InChI=1S/C25H37BrN4O4/c1-25(2,3)34-24(31)29(10-9-28(4)5)18-14-19(15-18)33-22-13-17(26)12-21-20(22)16-27-30(21)23-8-6-7-11-32-23/h12-13,16,18-19,23H,6-11,14-15H2,1-5H3. The number of fused-ring (bicyclic) bond motifs is 1. The third-order valence-electron chi connectivity index (χ3n) is 6.29. The monoisotopic (exact) mass is 536 g/mol. The summed E-state index contributed by atoms with van der Waals surface area (Å²) in [6, 6.07) is 4.18. The molecule has 2 aromatic rings. The molecule has 188 valence electrons. The number of carbonyl (C=O) groups is 1. The van der Waals surface area contributed by atoms with Crippen LogP contribution in [0.25, 0.3) is 10.9 Å². The van der Waals surface area contributed by atoms with Crippen molar-refractivity contribution in [2.75, 3.05) is 33.8 Å². The van der Waals surface area contributed by atoms with Crippen molar-refractivity contribution < 1.29 is 19.0 Å². The Kier molecular flexibility index (Phi) is 7.74. The summed E-state index contributed by atoms with van der Waals surface area (Å²) in [5.41, 5.74) is 0.491. The van der Waals surface area contributed by atoms with E-state index in [9.17, 15) is 4.79 Å². The normalized spacial score (nSPS) is 23.1. The Morgan fingerprint density at radius 3 is 2.65 bits per heavy atom. The highest BCUT2D eigenvalue weighted by atomic mass is 79.9. The molecule has 1 atom stereocenters. The fourth-order valence-corrected chi connectivity index (χ4v) is 4.87. The number of carbonyl (C=O) groups excluding carboxylic acids is 1. The lowest BCUT2D eigenvalue weighted by atomic mass is 9.87. The van der Waals surface area contributed by atoms with Gasteiger partial charge in [0.15, 0.2) is 6.23 Å². The van der Waals surface area contributed by atoms with Crippen LogP contribution in [-0.4, -0.2) is 77.2 Å². The summed E-state index contributed by atoms with van der Waals surface area (Å²) in [7, 11) is 4.02. The van der Waals surface area contributed by atoms with E-state index in [1.165, 1.54) is 0 Å². The maximum absolute atomic E-state index is 12.9. The molecule has 1 unspecified atom stereocenters. The Labute approximate surface area is 210 Å². The van der Waals surface area contributed by atoms with E-state index in [4.69, 9.17) is 14.2 Å². The van der Waals surface area contributed by atoms with Crippen LogP contribution >= 0.6 is 15.9 Å². The zero-order valence-electron chi connectivity index (χ0n) is 20.9. The summed E-state index contributed by atoms with van der Waals surface area (Å²) in [6.45, 7) is 7.90. The van der Waals surface area contributed by atoms with Crippen molar-refractivity contribution in [2.45, 2.75) is 76.9 Å². The molecule has 1 amide bonds. The number of likely N-dealkylation sites (N-methyl/N-ethyl adjacent to an activating group) is 1. The van der Waals surface area contributed by atoms with Crippen LogP contribution in [0.1, 0.15) is 59.1 Å². The minimum atomic E-state index is -0.517. The van der Waals surface area contributed by atoms with Crippen molar-refractivity contribution in [3.05, 3.63) is 22.8 Å². The second kappa shape index (κ2) is 10.4. The maximum Gasteiger partial charge on any atom is 0.410 e. The van der Waals surface area contributed by atoms with Gasteiger partial charge in [-0.2, -0.15) is 5.10 Å². The lowest BCUT2D eigenvalue weighted by Crippen LogP contribution is -2.54. The van der Waals surface area contributed by atoms with E-state index in [-0.39, 0.29) is 24.5 Å². The minimum Gasteiger partial charge on any atom is -0.489 e. The summed E-state index contributed by atoms with van der Waals surface area (Å²) in [5, 5.41) is 5.61. The molecule has 1 saturated heterocycles. The van der Waals surface area contributed by atoms with Gasteiger partial charge in [-0.15, -0.1) is 0 Å². The molecular formula is C25H37BrN4O4. The van der Waals surface area contributed by atoms with Crippen LogP contribution < -0.4 is 4.74 Å². The van der Waals surface area contributed by atoms with Crippen LogP contribution in [0.15, 0.2) is 22.8 Å². The molecule has 2 heterocycles. The molecule has 2 fully saturated rings. The van der Waals surface area contributed by atoms with Crippen LogP contribution in [0.4, 0.5) is 4.79 Å². The molecule has 0 bridgehead atoms. The van der Waals surface area contributed by atoms with Crippen molar-refractivity contribution in [3.63, 3.8) is 0 Å². The van der Waals surface area contributed by atoms with Gasteiger partial charge in [-0.25, -0.2) is 9.48 Å². The molecule has 1 aliphatic carbocycles. The number of halogens is 1. The van der Waals surface area contributed by atoms with Crippen molar-refractivity contribution in [3.8, 4) is 5.75 Å². The summed E-state index contributed by atoms with van der Waals surface area (Å²) in [4.78, 5) is 16.8. The van der Waals surface area contributed by atoms with Crippen LogP contribution in [-0.2, 0) is 9.47 Å². The first-order valence-corrected chi connectivity index (χ1v) is 13.0. The Morgan fingerprint density at radius 2 is 2.00 bits per heavy atom. The van der Waals surface area contributed by atoms with Gasteiger partial charge in [0.25, 0.3) is 0 Å². The number of aromatic nitrogens is 2. The Hall–Kier alpha value is -1.84. The molecule has 1 aliphatic heterocycles. The predicted octanol–water partition coefficient (Wildman–Crippen LogP) is 5.21. The van der Waals surface area contributed by atoms with Gasteiger partial charge >= 0.3 is 6.09 Å². The quantitative estimate of drug-likeness (QED) is 0.484. The molecule has 1 aromatic heterocycles. The summed E-state index contributed by atoms with van der Waals surface area (Å²) in [5.74, 6) is 0.812. The Morgan fingerprint density at radius 1 is 1.24 bits per heavy atom. The van der Waals surface area contributed by atoms with Crippen molar-refractivity contribution in [1.29, 1.82) is 0 Å². The van der Waals surface area contributed by atoms with Gasteiger partial charge < -0.3 is 24.0 Å². The zero-order chi connectivity index (χ0) is 24.5. The van der Waals surface area contributed by atoms with Gasteiger partial charge in [0.1, 0.15) is 17.5 Å². The molecular weight excluding hydrogens is 500 g/mol. The zero-order valence-corrected chi connectivity index (χ0v) is 22.5. The van der Waals surface area contributed by atoms with E-state index in [1.54, 1.807) is 0 Å². The fraction of sp³-hybridized carbons (Fsp3) is 0.680. The molecule has 1 saturated carbocycles. The summed E-state index contributed by atoms with van der Waals surface area (Å²) < 4.78 is 21.0. The second-order valence-corrected chi connectivity index (χ2v) is 11.5. The molecule has 2 aliphatic rings. The Balaban J connectivity index is 1.44. The third kappa shape index (κ3) is 6.04. The van der Waals surface area contributed by atoms with Crippen LogP contribution in [0, 0.1) is 0 Å². The van der Waals surface area contributed by atoms with E-state index in [2.05, 4.69) is 32.0 Å². The van der Waals surface area contributed by atoms with E-state index >= 15 is 0 Å². The van der Waals surface area contributed by atoms with E-state index in [1.807, 2.05) is 56.7 Å². The van der Waals surface area contributed by atoms with Crippen LogP contribution in [0.2, 0.25) is 0 Å². The van der Waals surface area contributed by atoms with E-state index in [0.29, 0.717) is 6.54 Å². The van der Waals surface area contributed by atoms with Crippen molar-refractivity contribution >= 4 is 32.9 Å². The van der Waals surface area contributed by atoms with Crippen molar-refractivity contribution in [2.24, 2.45) is 0 Å². The van der Waals surface area contributed by atoms with E-state index in [0.717, 1.165) is 66.4 Å². The van der Waals surface area contributed by atoms with Crippen LogP contribution in [0.3, 0.4) is 0 Å². The summed E-state index contributed by atoms with van der Waals surface area (Å²) in [6.07, 6.45) is 6.41. The fourth-order valence-electron chi connectivity index (χ4n) is 4.44. The third-order valence-corrected chi connectivity index (χ3v) is 6.75. The first-order chi connectivity index (χ1) is 16.1. The lowest BCUT2D eigenvalue weighted by molar-refractivity contribution is -0.0366. The van der Waals surface area contributed by atoms with E-state index < -0.39 is 5.60 Å². The van der Waals surface area contributed by atoms with Gasteiger partial charge in [0.2, 0.25) is 0 Å². The number of hydrogen-bond donors (Lipinski definition) is 0. The molecule has 9 heteroatoms. The maximum atomic E-state index is 12.9. The Bertz CT molecular complexity index is 991. The molecule has 34 heavy (non-hydrogen) atoms. The van der Waals surface area contributed by atoms with Gasteiger partial charge in [-0.1, -0.05) is 15.9 Å². The number of nitrogens with zero attached hydrogens (tertiary/aromatic N) is 4. The number of hydrogen-bond acceptors (Lipinski definition) is 6. The molecule has 0 radical (unpaired) electrons. The first-order valence-electron chi connectivity index (χ1n) is 12.2. The number of amides is 1. The highest BCUT2D eigenvalue weighted by molar-refractivity contribution is 9.10. The minimum absolute atomic E-state index is 0.0273. The lowest BCUT2D eigenvalue weighted by Gasteiger charge is -2.43. The average Bonchev–Trinajstić information content (AvgIpc) is 3.14. The highest BCUT2D eigenvalue weighted by Gasteiger charge is 2.39. The second-order valence-electron chi connectivity index (χ2n) is 10.6. The average molecular weight is 537 g/mol. The van der Waals surface area contributed by atoms with Gasteiger partial charge in [-0.3, -0.25) is 0 Å². The molecule has 0 N–H and O–H groups in total.